The number of fused-ring (bicyclic) bond motifs is 3. The quantitative estimate of drug-likeness (QED) is 0.772. The molecule has 3 heterocycles. The van der Waals surface area contributed by atoms with Crippen molar-refractivity contribution < 1.29 is 14.4 Å². The normalized spacial score (nSPS) is 27.8. The van der Waals surface area contributed by atoms with Gasteiger partial charge in [-0.25, -0.2) is 4.98 Å². The summed E-state index contributed by atoms with van der Waals surface area (Å²) < 4.78 is 1.70. The number of pyridine rings is 1. The van der Waals surface area contributed by atoms with Gasteiger partial charge in [-0.1, -0.05) is 33.8 Å². The van der Waals surface area contributed by atoms with Crippen LogP contribution in [-0.2, 0) is 4.79 Å². The number of likely N-dealkylation sites (tertiary alicyclic amines) is 1. The number of hydrogen-bond donors (Lipinski definition) is 1. The Balaban J connectivity index is 1.31. The van der Waals surface area contributed by atoms with Gasteiger partial charge >= 0.3 is 0 Å². The van der Waals surface area contributed by atoms with E-state index in [1.54, 1.807) is 33.7 Å². The van der Waals surface area contributed by atoms with Crippen molar-refractivity contribution in [3.05, 3.63) is 35.8 Å². The standard InChI is InChI=1S/C26H34N4O3/c1-25(2)15-29(11-10-21(25)31)24(33)19-14-30-20(6-5-7-22(30)28-19)23(32)27-13-16-8-9-17-12-18(16)26(17,3)4/h5-7,14,16-18H,8-13,15H2,1-4H3,(H,27,32)/t16-,17-,18+/m0/s1. The first-order valence-electron chi connectivity index (χ1n) is 12.2. The van der Waals surface area contributed by atoms with Gasteiger partial charge in [0.25, 0.3) is 11.8 Å². The van der Waals surface area contributed by atoms with Crippen LogP contribution in [0.25, 0.3) is 5.65 Å². The van der Waals surface area contributed by atoms with Crippen molar-refractivity contribution in [1.82, 2.24) is 19.6 Å². The zero-order valence-corrected chi connectivity index (χ0v) is 20.1. The molecule has 1 N–H and O–H groups in total. The minimum absolute atomic E-state index is 0.138. The number of carbonyl (C=O) groups is 3. The molecule has 6 rings (SSSR count). The number of hydrogen-bond acceptors (Lipinski definition) is 4. The zero-order chi connectivity index (χ0) is 23.5. The lowest BCUT2D eigenvalue weighted by Gasteiger charge is -2.60. The van der Waals surface area contributed by atoms with E-state index in [-0.39, 0.29) is 17.6 Å². The second-order valence-electron chi connectivity index (χ2n) is 11.5. The Hall–Kier alpha value is -2.70. The van der Waals surface area contributed by atoms with Crippen LogP contribution in [0.4, 0.5) is 0 Å². The van der Waals surface area contributed by atoms with Gasteiger partial charge < -0.3 is 10.2 Å². The summed E-state index contributed by atoms with van der Waals surface area (Å²) in [5.41, 5.74) is 1.19. The Labute approximate surface area is 194 Å². The zero-order valence-electron chi connectivity index (χ0n) is 20.1. The van der Waals surface area contributed by atoms with Crippen molar-refractivity contribution in [1.29, 1.82) is 0 Å². The molecule has 176 valence electrons. The molecule has 1 saturated heterocycles. The molecule has 4 aliphatic rings. The maximum atomic E-state index is 13.1. The van der Waals surface area contributed by atoms with Crippen LogP contribution in [0.1, 0.15) is 74.4 Å². The van der Waals surface area contributed by atoms with E-state index in [2.05, 4.69) is 24.1 Å². The molecule has 1 aliphatic heterocycles. The highest BCUT2D eigenvalue weighted by Gasteiger charge is 2.53. The Morgan fingerprint density at radius 1 is 1.18 bits per heavy atom. The van der Waals surface area contributed by atoms with Crippen LogP contribution < -0.4 is 5.32 Å². The summed E-state index contributed by atoms with van der Waals surface area (Å²) in [5.74, 6) is 1.90. The molecule has 2 bridgehead atoms. The van der Waals surface area contributed by atoms with Crippen LogP contribution >= 0.6 is 0 Å². The summed E-state index contributed by atoms with van der Waals surface area (Å²) in [6.45, 7) is 9.95. The monoisotopic (exact) mass is 450 g/mol. The Morgan fingerprint density at radius 2 is 1.97 bits per heavy atom. The molecule has 7 heteroatoms. The molecule has 2 aromatic heterocycles. The Morgan fingerprint density at radius 3 is 2.67 bits per heavy atom. The summed E-state index contributed by atoms with van der Waals surface area (Å²) in [6, 6.07) is 5.37. The highest BCUT2D eigenvalue weighted by molar-refractivity contribution is 5.97. The number of amides is 2. The van der Waals surface area contributed by atoms with Gasteiger partial charge in [0.1, 0.15) is 22.8 Å². The summed E-state index contributed by atoms with van der Waals surface area (Å²) in [6.07, 6.45) is 5.73. The first-order chi connectivity index (χ1) is 15.6. The molecule has 4 fully saturated rings. The number of piperidine rings is 1. The van der Waals surface area contributed by atoms with Gasteiger partial charge in [-0.15, -0.1) is 0 Å². The fourth-order valence-electron chi connectivity index (χ4n) is 6.37. The van der Waals surface area contributed by atoms with E-state index in [1.165, 1.54) is 19.3 Å². The average molecular weight is 451 g/mol. The van der Waals surface area contributed by atoms with Crippen LogP contribution in [0.15, 0.2) is 24.4 Å². The number of nitrogens with one attached hydrogen (secondary N) is 1. The van der Waals surface area contributed by atoms with Gasteiger partial charge in [-0.3, -0.25) is 18.8 Å². The predicted molar refractivity (Wildman–Crippen MR) is 125 cm³/mol. The van der Waals surface area contributed by atoms with Crippen molar-refractivity contribution in [3.8, 4) is 0 Å². The van der Waals surface area contributed by atoms with Gasteiger partial charge in [0, 0.05) is 37.7 Å². The second-order valence-corrected chi connectivity index (χ2v) is 11.5. The lowest BCUT2D eigenvalue weighted by atomic mass is 9.45. The van der Waals surface area contributed by atoms with E-state index in [9.17, 15) is 14.4 Å². The van der Waals surface area contributed by atoms with Gasteiger partial charge in [0.05, 0.1) is 0 Å². The number of ketones is 1. The van der Waals surface area contributed by atoms with E-state index in [1.807, 2.05) is 13.8 Å². The third-order valence-corrected chi connectivity index (χ3v) is 8.71. The maximum absolute atomic E-state index is 13.1. The molecular formula is C26H34N4O3. The molecule has 33 heavy (non-hydrogen) atoms. The minimum Gasteiger partial charge on any atom is -0.350 e. The first-order valence-corrected chi connectivity index (χ1v) is 12.2. The Kier molecular flexibility index (Phi) is 5.14. The molecule has 7 nitrogen and oxygen atoms in total. The number of nitrogens with zero attached hydrogens (tertiary/aromatic N) is 3. The van der Waals surface area contributed by atoms with Gasteiger partial charge in [0.15, 0.2) is 0 Å². The van der Waals surface area contributed by atoms with Crippen LogP contribution in [0.5, 0.6) is 0 Å². The second kappa shape index (κ2) is 7.67. The predicted octanol–water partition coefficient (Wildman–Crippen LogP) is 3.58. The fraction of sp³-hybridized carbons (Fsp3) is 0.615. The molecule has 3 aliphatic carbocycles. The van der Waals surface area contributed by atoms with Crippen LogP contribution in [0.3, 0.4) is 0 Å². The van der Waals surface area contributed by atoms with Crippen molar-refractivity contribution in [3.63, 3.8) is 0 Å². The molecule has 3 atom stereocenters. The third-order valence-electron chi connectivity index (χ3n) is 8.71. The minimum atomic E-state index is -0.549. The highest BCUT2D eigenvalue weighted by atomic mass is 16.2. The lowest BCUT2D eigenvalue weighted by molar-refractivity contribution is -0.130. The summed E-state index contributed by atoms with van der Waals surface area (Å²) in [7, 11) is 0. The van der Waals surface area contributed by atoms with Crippen molar-refractivity contribution in [2.24, 2.45) is 28.6 Å². The van der Waals surface area contributed by atoms with E-state index >= 15 is 0 Å². The highest BCUT2D eigenvalue weighted by Crippen LogP contribution is 2.61. The average Bonchev–Trinajstić information content (AvgIpc) is 3.23. The van der Waals surface area contributed by atoms with Crippen LogP contribution in [0.2, 0.25) is 0 Å². The topological polar surface area (TPSA) is 83.8 Å². The summed E-state index contributed by atoms with van der Waals surface area (Å²) in [5, 5.41) is 3.15. The number of imidazole rings is 1. The fourth-order valence-corrected chi connectivity index (χ4v) is 6.37. The van der Waals surface area contributed by atoms with Crippen LogP contribution in [0, 0.1) is 28.6 Å². The molecule has 2 aromatic rings. The van der Waals surface area contributed by atoms with Crippen molar-refractivity contribution in [2.75, 3.05) is 19.6 Å². The smallest absolute Gasteiger partial charge is 0.274 e. The number of rotatable bonds is 4. The maximum Gasteiger partial charge on any atom is 0.274 e. The number of carbonyl (C=O) groups excluding carboxylic acids is 3. The largest absolute Gasteiger partial charge is 0.350 e. The number of Topliss-reactive ketones (excluding diaryl/α,β-unsaturated/α-hetero) is 1. The lowest BCUT2D eigenvalue weighted by Crippen LogP contribution is -2.54. The van der Waals surface area contributed by atoms with E-state index in [0.717, 1.165) is 5.92 Å². The third kappa shape index (κ3) is 3.65. The van der Waals surface area contributed by atoms with Crippen LogP contribution in [-0.4, -0.2) is 51.5 Å². The molecular weight excluding hydrogens is 416 g/mol. The molecule has 0 aromatic carbocycles. The van der Waals surface area contributed by atoms with Crippen molar-refractivity contribution >= 4 is 23.2 Å². The van der Waals surface area contributed by atoms with Gasteiger partial charge in [-0.05, 0) is 54.6 Å². The molecule has 0 radical (unpaired) electrons. The molecule has 2 amide bonds. The molecule has 3 saturated carbocycles. The Bertz CT molecular complexity index is 1130. The molecule has 0 spiro atoms. The number of aromatic nitrogens is 2. The van der Waals surface area contributed by atoms with Crippen molar-refractivity contribution in [2.45, 2.75) is 53.4 Å². The van der Waals surface area contributed by atoms with Gasteiger partial charge in [-0.2, -0.15) is 0 Å². The van der Waals surface area contributed by atoms with Gasteiger partial charge in [0.2, 0.25) is 0 Å². The van der Waals surface area contributed by atoms with E-state index in [0.29, 0.717) is 60.3 Å². The SMILES string of the molecule is CC1(C)CN(C(=O)c2cn3c(C(=O)NC[C@@H]4CC[C@H]5C[C@H]4C5(C)C)cccc3n2)CCC1=O. The summed E-state index contributed by atoms with van der Waals surface area (Å²) in [4.78, 5) is 44.5. The van der Waals surface area contributed by atoms with E-state index in [4.69, 9.17) is 0 Å². The van der Waals surface area contributed by atoms with E-state index < -0.39 is 5.41 Å². The molecule has 0 unspecified atom stereocenters. The summed E-state index contributed by atoms with van der Waals surface area (Å²) >= 11 is 0. The first kappa shape index (κ1) is 22.1.